The first kappa shape index (κ1) is 17.5. The summed E-state index contributed by atoms with van der Waals surface area (Å²) in [6.45, 7) is 4.28. The molecule has 1 aliphatic heterocycles. The fraction of sp³-hybridized carbons (Fsp3) is 0.350. The Balaban J connectivity index is 1.63. The van der Waals surface area contributed by atoms with Crippen molar-refractivity contribution in [3.05, 3.63) is 59.7 Å². The van der Waals surface area contributed by atoms with Crippen LogP contribution >= 0.6 is 0 Å². The van der Waals surface area contributed by atoms with Crippen LogP contribution in [0.15, 0.2) is 48.5 Å². The van der Waals surface area contributed by atoms with Crippen molar-refractivity contribution in [3.8, 4) is 5.75 Å². The highest BCUT2D eigenvalue weighted by atomic mass is 16.5. The molecule has 0 bridgehead atoms. The summed E-state index contributed by atoms with van der Waals surface area (Å²) in [5.74, 6) is 1.22. The van der Waals surface area contributed by atoms with Gasteiger partial charge in [-0.15, -0.1) is 0 Å². The Morgan fingerprint density at radius 2 is 1.96 bits per heavy atom. The molecular formula is C20H25N3O2. The van der Waals surface area contributed by atoms with Gasteiger partial charge in [0.1, 0.15) is 11.8 Å². The summed E-state index contributed by atoms with van der Waals surface area (Å²) in [6.07, 6.45) is 0.683. The van der Waals surface area contributed by atoms with E-state index in [-0.39, 0.29) is 18.0 Å². The lowest BCUT2D eigenvalue weighted by Crippen LogP contribution is -2.39. The number of hydrogen-bond donors (Lipinski definition) is 3. The molecule has 3 N–H and O–H groups in total. The Hall–Kier alpha value is -2.37. The minimum atomic E-state index is -0.279. The Kier molecular flexibility index (Phi) is 5.36. The van der Waals surface area contributed by atoms with Crippen LogP contribution in [-0.2, 0) is 4.79 Å². The average molecular weight is 339 g/mol. The van der Waals surface area contributed by atoms with Crippen molar-refractivity contribution in [1.29, 1.82) is 0 Å². The predicted molar refractivity (Wildman–Crippen MR) is 99.6 cm³/mol. The van der Waals surface area contributed by atoms with Crippen LogP contribution in [0.1, 0.15) is 43.4 Å². The van der Waals surface area contributed by atoms with Gasteiger partial charge in [0.25, 0.3) is 0 Å². The van der Waals surface area contributed by atoms with E-state index in [1.165, 1.54) is 5.56 Å². The zero-order chi connectivity index (χ0) is 17.8. The number of methoxy groups -OCH3 is 1. The maximum absolute atomic E-state index is 12.6. The van der Waals surface area contributed by atoms with E-state index >= 15 is 0 Å². The third kappa shape index (κ3) is 4.18. The molecule has 0 spiro atoms. The van der Waals surface area contributed by atoms with E-state index in [2.05, 4.69) is 36.1 Å². The molecule has 1 aliphatic rings. The third-order valence-electron chi connectivity index (χ3n) is 4.54. The minimum Gasteiger partial charge on any atom is -0.497 e. The molecule has 132 valence electrons. The lowest BCUT2D eigenvalue weighted by molar-refractivity contribution is -0.117. The van der Waals surface area contributed by atoms with Gasteiger partial charge >= 0.3 is 0 Å². The molecule has 3 rings (SSSR count). The van der Waals surface area contributed by atoms with Gasteiger partial charge in [-0.1, -0.05) is 38.1 Å². The van der Waals surface area contributed by atoms with E-state index in [0.717, 1.165) is 17.0 Å². The molecule has 1 heterocycles. The highest BCUT2D eigenvalue weighted by Gasteiger charge is 2.30. The van der Waals surface area contributed by atoms with Crippen LogP contribution in [0.4, 0.5) is 5.69 Å². The highest BCUT2D eigenvalue weighted by molar-refractivity contribution is 5.95. The van der Waals surface area contributed by atoms with Crippen molar-refractivity contribution in [2.45, 2.75) is 38.3 Å². The van der Waals surface area contributed by atoms with Gasteiger partial charge in [0.15, 0.2) is 0 Å². The van der Waals surface area contributed by atoms with Crippen molar-refractivity contribution in [2.75, 3.05) is 12.4 Å². The molecule has 0 radical (unpaired) electrons. The Bertz CT molecular complexity index is 745. The molecule has 1 amide bonds. The third-order valence-corrected chi connectivity index (χ3v) is 4.54. The maximum atomic E-state index is 12.6. The monoisotopic (exact) mass is 339 g/mol. The van der Waals surface area contributed by atoms with E-state index in [9.17, 15) is 4.79 Å². The minimum absolute atomic E-state index is 0.0289. The molecule has 1 fully saturated rings. The summed E-state index contributed by atoms with van der Waals surface area (Å²) in [6, 6.07) is 15.7. The van der Waals surface area contributed by atoms with Crippen molar-refractivity contribution in [1.82, 2.24) is 10.9 Å². The summed E-state index contributed by atoms with van der Waals surface area (Å²) in [4.78, 5) is 12.6. The maximum Gasteiger partial charge on any atom is 0.242 e. The van der Waals surface area contributed by atoms with Crippen LogP contribution in [0.5, 0.6) is 5.75 Å². The smallest absolute Gasteiger partial charge is 0.242 e. The van der Waals surface area contributed by atoms with Gasteiger partial charge in [-0.25, -0.2) is 10.9 Å². The molecule has 2 aromatic carbocycles. The number of amides is 1. The van der Waals surface area contributed by atoms with Crippen molar-refractivity contribution < 1.29 is 9.53 Å². The van der Waals surface area contributed by atoms with Crippen LogP contribution in [0.3, 0.4) is 0 Å². The van der Waals surface area contributed by atoms with Crippen LogP contribution in [0.2, 0.25) is 0 Å². The number of hydrazine groups is 1. The Labute approximate surface area is 148 Å². The molecule has 2 atom stereocenters. The lowest BCUT2D eigenvalue weighted by atomic mass is 10.0. The molecule has 0 saturated carbocycles. The predicted octanol–water partition coefficient (Wildman–Crippen LogP) is 3.36. The highest BCUT2D eigenvalue weighted by Crippen LogP contribution is 2.26. The Morgan fingerprint density at radius 1 is 1.16 bits per heavy atom. The summed E-state index contributed by atoms with van der Waals surface area (Å²) in [5.41, 5.74) is 9.45. The topological polar surface area (TPSA) is 62.4 Å². The molecule has 0 aromatic heterocycles. The molecule has 2 aromatic rings. The average Bonchev–Trinajstić information content (AvgIpc) is 3.12. The number of anilines is 1. The SMILES string of the molecule is COc1cccc(C2CC(C(=O)Nc3cccc(C(C)C)c3)NN2)c1. The second-order valence-electron chi connectivity index (χ2n) is 6.68. The number of rotatable bonds is 5. The molecule has 0 aliphatic carbocycles. The van der Waals surface area contributed by atoms with Gasteiger partial charge in [-0.2, -0.15) is 0 Å². The van der Waals surface area contributed by atoms with Crippen LogP contribution in [0.25, 0.3) is 0 Å². The summed E-state index contributed by atoms with van der Waals surface area (Å²) < 4.78 is 5.27. The van der Waals surface area contributed by atoms with Gasteiger partial charge in [-0.3, -0.25) is 4.79 Å². The second kappa shape index (κ2) is 7.68. The fourth-order valence-electron chi connectivity index (χ4n) is 3.01. The zero-order valence-electron chi connectivity index (χ0n) is 14.9. The second-order valence-corrected chi connectivity index (χ2v) is 6.68. The number of benzene rings is 2. The number of carbonyl (C=O) groups is 1. The number of ether oxygens (including phenoxy) is 1. The molecule has 1 saturated heterocycles. The van der Waals surface area contributed by atoms with E-state index in [0.29, 0.717) is 12.3 Å². The van der Waals surface area contributed by atoms with Gasteiger partial charge in [-0.05, 0) is 47.7 Å². The first-order valence-corrected chi connectivity index (χ1v) is 8.62. The number of nitrogens with one attached hydrogen (secondary N) is 3. The normalized spacial score (nSPS) is 19.8. The molecule has 2 unspecified atom stereocenters. The first-order valence-electron chi connectivity index (χ1n) is 8.62. The van der Waals surface area contributed by atoms with Crippen molar-refractivity contribution in [2.24, 2.45) is 0 Å². The fourth-order valence-corrected chi connectivity index (χ4v) is 3.01. The van der Waals surface area contributed by atoms with Crippen LogP contribution in [-0.4, -0.2) is 19.1 Å². The summed E-state index contributed by atoms with van der Waals surface area (Å²) in [5, 5.41) is 3.01. The molecular weight excluding hydrogens is 314 g/mol. The molecule has 5 nitrogen and oxygen atoms in total. The standard InChI is InChI=1S/C20H25N3O2/c1-13(2)14-6-4-8-16(10-14)21-20(24)19-12-18(22-23-19)15-7-5-9-17(11-15)25-3/h4-11,13,18-19,22-23H,12H2,1-3H3,(H,21,24). The quantitative estimate of drug-likeness (QED) is 0.782. The summed E-state index contributed by atoms with van der Waals surface area (Å²) in [7, 11) is 1.65. The van der Waals surface area contributed by atoms with E-state index < -0.39 is 0 Å². The van der Waals surface area contributed by atoms with Gasteiger partial charge in [0.05, 0.1) is 7.11 Å². The first-order chi connectivity index (χ1) is 12.1. The lowest BCUT2D eigenvalue weighted by Gasteiger charge is -2.13. The van der Waals surface area contributed by atoms with Crippen LogP contribution < -0.4 is 20.9 Å². The van der Waals surface area contributed by atoms with E-state index in [4.69, 9.17) is 4.74 Å². The molecule has 5 heteroatoms. The zero-order valence-corrected chi connectivity index (χ0v) is 14.9. The molecule has 25 heavy (non-hydrogen) atoms. The van der Waals surface area contributed by atoms with E-state index in [1.54, 1.807) is 7.11 Å². The Morgan fingerprint density at radius 3 is 2.72 bits per heavy atom. The van der Waals surface area contributed by atoms with Gasteiger partial charge in [0.2, 0.25) is 5.91 Å². The number of carbonyl (C=O) groups excluding carboxylic acids is 1. The van der Waals surface area contributed by atoms with Gasteiger partial charge < -0.3 is 10.1 Å². The van der Waals surface area contributed by atoms with Crippen molar-refractivity contribution >= 4 is 11.6 Å². The van der Waals surface area contributed by atoms with Crippen molar-refractivity contribution in [3.63, 3.8) is 0 Å². The van der Waals surface area contributed by atoms with Crippen LogP contribution in [0, 0.1) is 0 Å². The summed E-state index contributed by atoms with van der Waals surface area (Å²) >= 11 is 0. The van der Waals surface area contributed by atoms with E-state index in [1.807, 2.05) is 42.5 Å². The van der Waals surface area contributed by atoms with Gasteiger partial charge in [0, 0.05) is 11.7 Å². The number of hydrogen-bond acceptors (Lipinski definition) is 4. The largest absolute Gasteiger partial charge is 0.497 e.